The van der Waals surface area contributed by atoms with Gasteiger partial charge < -0.3 is 18.9 Å². The smallest absolute Gasteiger partial charge is 0.319 e. The number of carbonyl (C=O) groups excluding carboxylic acids is 12. The average Bonchev–Trinajstić information content (AvgIpc) is 0.802. The number of piperidine rings is 4. The molecule has 0 spiro atoms. The fraction of sp³-hybridized carbons (Fsp3) is 0.410. The van der Waals surface area contributed by atoms with Gasteiger partial charge in [-0.2, -0.15) is 0 Å². The lowest BCUT2D eigenvalue weighted by Gasteiger charge is -2.37. The van der Waals surface area contributed by atoms with Crippen molar-refractivity contribution >= 4 is 176 Å². The van der Waals surface area contributed by atoms with Gasteiger partial charge in [-0.25, -0.2) is 17.6 Å². The molecule has 8 atom stereocenters. The van der Waals surface area contributed by atoms with Crippen molar-refractivity contribution in [3.8, 4) is 0 Å². The highest BCUT2D eigenvalue weighted by molar-refractivity contribution is 6.69. The predicted octanol–water partition coefficient (Wildman–Crippen LogP) is 10.3. The summed E-state index contributed by atoms with van der Waals surface area (Å²) in [5, 5.41) is 0. The van der Waals surface area contributed by atoms with Crippen molar-refractivity contribution in [1.82, 2.24) is 19.6 Å². The van der Waals surface area contributed by atoms with E-state index in [2.05, 4.69) is 4.74 Å². The summed E-state index contributed by atoms with van der Waals surface area (Å²) in [6, 6.07) is 21.1. The van der Waals surface area contributed by atoms with E-state index >= 15 is 0 Å². The molecule has 508 valence electrons. The van der Waals surface area contributed by atoms with Gasteiger partial charge in [-0.15, -0.1) is 0 Å². The van der Waals surface area contributed by atoms with Gasteiger partial charge in [-0.05, 0) is 84.6 Å². The molecule has 20 nitrogen and oxygen atoms in total. The van der Waals surface area contributed by atoms with E-state index in [4.69, 9.17) is 119 Å². The second-order valence-electron chi connectivity index (χ2n) is 21.9. The average molecular weight is 1500 g/mol. The van der Waals surface area contributed by atoms with E-state index in [9.17, 15) is 75.1 Å². The molecule has 8 unspecified atom stereocenters. The Hall–Kier alpha value is -6.35. The molecule has 8 amide bonds. The van der Waals surface area contributed by atoms with E-state index in [1.807, 2.05) is 0 Å². The Morgan fingerprint density at radius 1 is 0.394 bits per heavy atom. The number of alkyl halides is 9. The third-order valence-electron chi connectivity index (χ3n) is 15.3. The van der Waals surface area contributed by atoms with Gasteiger partial charge in [-0.1, -0.05) is 153 Å². The number of likely N-dealkylation sites (tertiary alicyclic amines) is 4. The topological polar surface area (TPSA) is 255 Å². The third kappa shape index (κ3) is 20.4. The summed E-state index contributed by atoms with van der Waals surface area (Å²) in [7, 11) is 6.36. The highest BCUT2D eigenvalue weighted by Gasteiger charge is 2.52. The van der Waals surface area contributed by atoms with Crippen LogP contribution >= 0.6 is 104 Å². The molecule has 33 heteroatoms. The maximum absolute atomic E-state index is 13.2. The minimum atomic E-state index is -1.92. The van der Waals surface area contributed by atoms with Crippen molar-refractivity contribution in [3.63, 3.8) is 0 Å². The molecule has 4 heterocycles. The van der Waals surface area contributed by atoms with Crippen LogP contribution in [0.2, 0.25) is 0 Å². The number of methoxy groups -OCH3 is 1. The normalized spacial score (nSPS) is 22.0. The van der Waals surface area contributed by atoms with Crippen molar-refractivity contribution in [2.75, 3.05) is 48.5 Å². The fourth-order valence-electron chi connectivity index (χ4n) is 9.91. The second-order valence-corrected chi connectivity index (χ2v) is 29.2. The summed E-state index contributed by atoms with van der Waals surface area (Å²) in [4.78, 5) is 150. The summed E-state index contributed by atoms with van der Waals surface area (Å²) >= 11 is 50.7. The summed E-state index contributed by atoms with van der Waals surface area (Å²) < 4.78 is 66.6. The molecule has 4 fully saturated rings. The van der Waals surface area contributed by atoms with E-state index < -0.39 is 166 Å². The van der Waals surface area contributed by atoms with E-state index in [1.165, 1.54) is 146 Å². The molecule has 4 aromatic carbocycles. The highest BCUT2D eigenvalue weighted by atomic mass is 35.6. The first-order valence-electron chi connectivity index (χ1n) is 27.6. The largest absolute Gasteiger partial charge is 0.468 e. The fourth-order valence-corrected chi connectivity index (χ4v) is 10.4. The molecule has 4 aliphatic heterocycles. The summed E-state index contributed by atoms with van der Waals surface area (Å²) in [5.74, 6) is -17.6. The number of hydrogen-bond donors (Lipinski definition) is 0. The Labute approximate surface area is 580 Å². The molecular formula is C61H57Cl9F4N4O16. The van der Waals surface area contributed by atoms with Crippen molar-refractivity contribution in [1.29, 1.82) is 0 Å². The van der Waals surface area contributed by atoms with Crippen LogP contribution in [0.25, 0.3) is 0 Å². The van der Waals surface area contributed by atoms with Crippen LogP contribution in [0.3, 0.4) is 0 Å². The van der Waals surface area contributed by atoms with Gasteiger partial charge >= 0.3 is 23.9 Å². The maximum Gasteiger partial charge on any atom is 0.319 e. The van der Waals surface area contributed by atoms with Crippen molar-refractivity contribution in [2.24, 2.45) is 23.7 Å². The van der Waals surface area contributed by atoms with Crippen LogP contribution in [0.1, 0.15) is 85.5 Å². The molecule has 94 heavy (non-hydrogen) atoms. The molecule has 0 aromatic heterocycles. The zero-order chi connectivity index (χ0) is 70.9. The highest BCUT2D eigenvalue weighted by Crippen LogP contribution is 2.44. The first-order chi connectivity index (χ1) is 43.5. The first kappa shape index (κ1) is 78.3. The molecular weight excluding hydrogens is 1440 g/mol. The summed E-state index contributed by atoms with van der Waals surface area (Å²) in [6.45, 7) is 1.72. The zero-order valence-corrected chi connectivity index (χ0v) is 57.1. The molecule has 4 saturated heterocycles. The Kier molecular flexibility index (Phi) is 27.2. The minimum absolute atomic E-state index is 0.00758. The molecule has 0 aliphatic carbocycles. The molecule has 0 bridgehead atoms. The van der Waals surface area contributed by atoms with Crippen LogP contribution in [-0.2, 0) is 76.5 Å². The van der Waals surface area contributed by atoms with Gasteiger partial charge in [0.25, 0.3) is 0 Å². The third-order valence-corrected chi connectivity index (χ3v) is 17.3. The van der Waals surface area contributed by atoms with Crippen LogP contribution in [0.5, 0.6) is 0 Å². The van der Waals surface area contributed by atoms with Crippen molar-refractivity contribution in [2.45, 2.75) is 80.2 Å². The number of hydrogen-bond acceptors (Lipinski definition) is 16. The number of carbonyl (C=O) groups is 12. The Morgan fingerprint density at radius 2 is 0.606 bits per heavy atom. The van der Waals surface area contributed by atoms with Crippen LogP contribution in [0, 0.1) is 46.9 Å². The molecule has 0 saturated carbocycles. The van der Waals surface area contributed by atoms with E-state index in [0.29, 0.717) is 22.3 Å². The maximum atomic E-state index is 13.2. The Bertz CT molecular complexity index is 3410. The Morgan fingerprint density at radius 3 is 0.809 bits per heavy atom. The molecule has 0 N–H and O–H groups in total. The number of nitrogens with zero attached hydrogens (tertiary/aromatic N) is 4. The van der Waals surface area contributed by atoms with Crippen molar-refractivity contribution < 1.29 is 94.0 Å². The SMILES string of the molecule is CN1C(=O)CC(c2ccc(F)cc2)C(C(=O)OC(C)(C)C(Cl)(Cl)Cl)C1=O.CN1C(=O)CC(c2ccc(F)cc2)C(C(=O)OCC(Cl)(Cl)Cl)C1=O.CN1C(=O)CC(c2ccc(F)cc2)C(C(=O)OCC(Cl)(Cl)Cl)C1=O.COC(=O)C1C(=O)N(C)C(=O)CC1c1ccc(F)cc1. The number of ether oxygens (including phenoxy) is 4. The van der Waals surface area contributed by atoms with Crippen molar-refractivity contribution in [3.05, 3.63) is 143 Å². The standard InChI is InChI=1S/C17H17Cl3FNO4.2C15H13Cl3FNO4.C14H14FNO4/c1-16(2,17(18,19)20)26-15(25)13-11(8-12(23)22(3)14(13)24)9-4-6-10(21)7-5-9;2*1-20-11(21)6-10(8-2-4-9(19)5-3-8)12(13(20)22)14(23)24-7-15(16,17)18;1-16-11(17)7-10(8-3-5-9(15)6-4-8)12(13(16)18)14(19)20-2/h4-7,11,13H,8H2,1-3H3;2*2-5,10,12H,6-7H2,1H3;3-6,10,12H,7H2,1-2H3. The van der Waals surface area contributed by atoms with Crippen LogP contribution in [0.4, 0.5) is 17.6 Å². The second kappa shape index (κ2) is 32.6. The lowest BCUT2D eigenvalue weighted by atomic mass is 9.79. The van der Waals surface area contributed by atoms with Gasteiger partial charge in [-0.3, -0.25) is 77.1 Å². The predicted molar refractivity (Wildman–Crippen MR) is 335 cm³/mol. The summed E-state index contributed by atoms with van der Waals surface area (Å²) in [6.07, 6.45) is -0.293. The van der Waals surface area contributed by atoms with Crippen LogP contribution in [0.15, 0.2) is 97.1 Å². The molecule has 4 aromatic rings. The van der Waals surface area contributed by atoms with E-state index in [0.717, 1.165) is 19.6 Å². The van der Waals surface area contributed by atoms with E-state index in [-0.39, 0.29) is 31.6 Å². The molecule has 8 rings (SSSR count). The van der Waals surface area contributed by atoms with Gasteiger partial charge in [0.05, 0.1) is 7.11 Å². The van der Waals surface area contributed by atoms with E-state index in [1.54, 1.807) is 0 Å². The molecule has 4 aliphatic rings. The lowest BCUT2D eigenvalue weighted by molar-refractivity contribution is -0.171. The minimum Gasteiger partial charge on any atom is -0.468 e. The van der Waals surface area contributed by atoms with Gasteiger partial charge in [0.2, 0.25) is 58.6 Å². The number of amides is 8. The number of benzene rings is 4. The summed E-state index contributed by atoms with van der Waals surface area (Å²) in [5.41, 5.74) is 0.470. The van der Waals surface area contributed by atoms with Crippen LogP contribution in [-0.4, -0.2) is 156 Å². The zero-order valence-electron chi connectivity index (χ0n) is 50.3. The monoisotopic (exact) mass is 1490 g/mol. The number of rotatable bonds is 11. The lowest BCUT2D eigenvalue weighted by Crippen LogP contribution is -2.52. The molecule has 0 radical (unpaired) electrons. The number of esters is 4. The Balaban J connectivity index is 0.000000228. The quantitative estimate of drug-likeness (QED) is 0.0338. The number of imide groups is 4. The number of halogens is 13. The first-order valence-corrected chi connectivity index (χ1v) is 31.0. The van der Waals surface area contributed by atoms with Gasteiger partial charge in [0.1, 0.15) is 60.2 Å². The van der Waals surface area contributed by atoms with Gasteiger partial charge in [0, 0.05) is 77.5 Å². The van der Waals surface area contributed by atoms with Gasteiger partial charge in [0.15, 0.2) is 5.60 Å². The van der Waals surface area contributed by atoms with Crippen LogP contribution < -0.4 is 0 Å².